The van der Waals surface area contributed by atoms with Crippen molar-refractivity contribution in [3.05, 3.63) is 29.6 Å². The summed E-state index contributed by atoms with van der Waals surface area (Å²) in [5, 5.41) is 6.97. The number of rotatable bonds is 5. The molecule has 0 aromatic heterocycles. The first-order valence-electron chi connectivity index (χ1n) is 4.91. The fourth-order valence-corrected chi connectivity index (χ4v) is 2.55. The Balaban J connectivity index is 2.89. The van der Waals surface area contributed by atoms with Crippen LogP contribution in [0.1, 0.15) is 12.0 Å². The highest BCUT2D eigenvalue weighted by molar-refractivity contribution is 7.89. The SMILES string of the molecule is Cc1ccc(F)cc1S(=O)(=O)NCCC(=N)N. The van der Waals surface area contributed by atoms with Crippen molar-refractivity contribution in [2.24, 2.45) is 5.73 Å². The van der Waals surface area contributed by atoms with Crippen LogP contribution < -0.4 is 10.5 Å². The van der Waals surface area contributed by atoms with Gasteiger partial charge in [-0.1, -0.05) is 6.07 Å². The van der Waals surface area contributed by atoms with E-state index in [0.717, 1.165) is 6.07 Å². The number of aryl methyl sites for hydroxylation is 1. The van der Waals surface area contributed by atoms with Crippen LogP contribution in [0.25, 0.3) is 0 Å². The normalized spacial score (nSPS) is 11.4. The van der Waals surface area contributed by atoms with Crippen molar-refractivity contribution < 1.29 is 12.8 Å². The lowest BCUT2D eigenvalue weighted by Crippen LogP contribution is -2.28. The third-order valence-electron chi connectivity index (χ3n) is 2.13. The quantitative estimate of drug-likeness (QED) is 0.537. The summed E-state index contributed by atoms with van der Waals surface area (Å²) in [4.78, 5) is -0.0962. The molecule has 0 amide bonds. The van der Waals surface area contributed by atoms with Gasteiger partial charge < -0.3 is 5.73 Å². The summed E-state index contributed by atoms with van der Waals surface area (Å²) < 4.78 is 38.8. The summed E-state index contributed by atoms with van der Waals surface area (Å²) in [6.45, 7) is 1.60. The molecule has 0 aliphatic carbocycles. The smallest absolute Gasteiger partial charge is 0.240 e. The van der Waals surface area contributed by atoms with Crippen molar-refractivity contribution in [2.45, 2.75) is 18.2 Å². The van der Waals surface area contributed by atoms with Crippen LogP contribution in [0.3, 0.4) is 0 Å². The first kappa shape index (κ1) is 13.6. The highest BCUT2D eigenvalue weighted by atomic mass is 32.2. The summed E-state index contributed by atoms with van der Waals surface area (Å²) in [7, 11) is -3.75. The van der Waals surface area contributed by atoms with E-state index in [0.29, 0.717) is 5.56 Å². The second kappa shape index (κ2) is 5.24. The minimum absolute atomic E-state index is 0.0214. The minimum atomic E-state index is -3.75. The van der Waals surface area contributed by atoms with Crippen molar-refractivity contribution in [2.75, 3.05) is 6.54 Å². The Labute approximate surface area is 99.4 Å². The molecule has 0 atom stereocenters. The number of benzene rings is 1. The molecule has 7 heteroatoms. The maximum absolute atomic E-state index is 13.0. The van der Waals surface area contributed by atoms with E-state index in [2.05, 4.69) is 4.72 Å². The number of amidine groups is 1. The average molecular weight is 259 g/mol. The molecule has 0 saturated carbocycles. The van der Waals surface area contributed by atoms with E-state index in [1.54, 1.807) is 6.92 Å². The molecule has 0 saturated heterocycles. The van der Waals surface area contributed by atoms with Crippen LogP contribution in [0.15, 0.2) is 23.1 Å². The van der Waals surface area contributed by atoms with Gasteiger partial charge in [-0.3, -0.25) is 5.41 Å². The molecule has 0 bridgehead atoms. The number of hydrogen-bond acceptors (Lipinski definition) is 3. The average Bonchev–Trinajstić information content (AvgIpc) is 2.20. The van der Waals surface area contributed by atoms with Crippen molar-refractivity contribution >= 4 is 15.9 Å². The summed E-state index contributed by atoms with van der Waals surface area (Å²) >= 11 is 0. The van der Waals surface area contributed by atoms with Crippen molar-refractivity contribution in [1.82, 2.24) is 4.72 Å². The lowest BCUT2D eigenvalue weighted by atomic mass is 10.2. The van der Waals surface area contributed by atoms with Crippen LogP contribution in [0, 0.1) is 18.2 Å². The van der Waals surface area contributed by atoms with Gasteiger partial charge in [0.05, 0.1) is 10.7 Å². The van der Waals surface area contributed by atoms with Crippen LogP contribution in [-0.4, -0.2) is 20.8 Å². The summed E-state index contributed by atoms with van der Waals surface area (Å²) in [5.74, 6) is -0.716. The molecular formula is C10H14FN3O2S. The van der Waals surface area contributed by atoms with E-state index in [-0.39, 0.29) is 23.7 Å². The van der Waals surface area contributed by atoms with E-state index in [4.69, 9.17) is 11.1 Å². The van der Waals surface area contributed by atoms with Gasteiger partial charge in [0.25, 0.3) is 0 Å². The van der Waals surface area contributed by atoms with Gasteiger partial charge >= 0.3 is 0 Å². The first-order chi connectivity index (χ1) is 7.83. The number of halogens is 1. The molecule has 94 valence electrons. The van der Waals surface area contributed by atoms with Gasteiger partial charge in [0.1, 0.15) is 5.82 Å². The molecule has 1 aromatic rings. The second-order valence-electron chi connectivity index (χ2n) is 3.58. The van der Waals surface area contributed by atoms with E-state index < -0.39 is 15.8 Å². The molecule has 0 aliphatic rings. The van der Waals surface area contributed by atoms with E-state index in [9.17, 15) is 12.8 Å². The Morgan fingerprint density at radius 1 is 1.53 bits per heavy atom. The predicted molar refractivity (Wildman–Crippen MR) is 62.9 cm³/mol. The highest BCUT2D eigenvalue weighted by Crippen LogP contribution is 2.15. The summed E-state index contributed by atoms with van der Waals surface area (Å²) in [5.41, 5.74) is 5.56. The van der Waals surface area contributed by atoms with Crippen LogP contribution in [0.2, 0.25) is 0 Å². The Kier molecular flexibility index (Phi) is 4.19. The van der Waals surface area contributed by atoms with Gasteiger partial charge in [0.15, 0.2) is 0 Å². The molecule has 1 aromatic carbocycles. The topological polar surface area (TPSA) is 96.0 Å². The van der Waals surface area contributed by atoms with Crippen LogP contribution in [0.5, 0.6) is 0 Å². The fourth-order valence-electron chi connectivity index (χ4n) is 1.26. The zero-order chi connectivity index (χ0) is 13.1. The number of hydrogen-bond donors (Lipinski definition) is 3. The molecule has 0 aliphatic heterocycles. The molecule has 0 spiro atoms. The Hall–Kier alpha value is -1.47. The number of sulfonamides is 1. The number of nitrogens with two attached hydrogens (primary N) is 1. The lowest BCUT2D eigenvalue weighted by Gasteiger charge is -2.08. The van der Waals surface area contributed by atoms with E-state index in [1.165, 1.54) is 12.1 Å². The van der Waals surface area contributed by atoms with Crippen LogP contribution >= 0.6 is 0 Å². The fraction of sp³-hybridized carbons (Fsp3) is 0.300. The molecule has 0 radical (unpaired) electrons. The molecule has 5 nitrogen and oxygen atoms in total. The number of nitrogens with one attached hydrogen (secondary N) is 2. The largest absolute Gasteiger partial charge is 0.388 e. The van der Waals surface area contributed by atoms with Gasteiger partial charge in [0, 0.05) is 13.0 Å². The first-order valence-corrected chi connectivity index (χ1v) is 6.40. The predicted octanol–water partition coefficient (Wildman–Crippen LogP) is 0.738. The van der Waals surface area contributed by atoms with E-state index >= 15 is 0 Å². The van der Waals surface area contributed by atoms with Crippen LogP contribution in [0.4, 0.5) is 4.39 Å². The molecule has 1 rings (SSSR count). The monoisotopic (exact) mass is 259 g/mol. The highest BCUT2D eigenvalue weighted by Gasteiger charge is 2.16. The summed E-state index contributed by atoms with van der Waals surface area (Å²) in [6.07, 6.45) is 0.119. The van der Waals surface area contributed by atoms with Gasteiger partial charge in [-0.05, 0) is 24.6 Å². The van der Waals surface area contributed by atoms with Gasteiger partial charge in [-0.2, -0.15) is 0 Å². The molecule has 0 heterocycles. The minimum Gasteiger partial charge on any atom is -0.388 e. The van der Waals surface area contributed by atoms with E-state index in [1.807, 2.05) is 0 Å². The maximum atomic E-state index is 13.0. The Morgan fingerprint density at radius 2 is 2.18 bits per heavy atom. The third-order valence-corrected chi connectivity index (χ3v) is 3.73. The van der Waals surface area contributed by atoms with Crippen molar-refractivity contribution in [3.63, 3.8) is 0 Å². The van der Waals surface area contributed by atoms with Gasteiger partial charge in [-0.25, -0.2) is 17.5 Å². The molecule has 4 N–H and O–H groups in total. The second-order valence-corrected chi connectivity index (χ2v) is 5.32. The van der Waals surface area contributed by atoms with Gasteiger partial charge in [-0.15, -0.1) is 0 Å². The Bertz CT molecular complexity index is 528. The molecular weight excluding hydrogens is 245 g/mol. The lowest BCUT2D eigenvalue weighted by molar-refractivity contribution is 0.577. The van der Waals surface area contributed by atoms with Crippen LogP contribution in [-0.2, 0) is 10.0 Å². The molecule has 0 unspecified atom stereocenters. The summed E-state index contributed by atoms with van der Waals surface area (Å²) in [6, 6.07) is 3.56. The zero-order valence-corrected chi connectivity index (χ0v) is 10.1. The Morgan fingerprint density at radius 3 is 2.76 bits per heavy atom. The maximum Gasteiger partial charge on any atom is 0.240 e. The third kappa shape index (κ3) is 3.79. The van der Waals surface area contributed by atoms with Gasteiger partial charge in [0.2, 0.25) is 10.0 Å². The van der Waals surface area contributed by atoms with Crippen molar-refractivity contribution in [1.29, 1.82) is 5.41 Å². The zero-order valence-electron chi connectivity index (χ0n) is 9.33. The molecule has 17 heavy (non-hydrogen) atoms. The molecule has 0 fully saturated rings. The van der Waals surface area contributed by atoms with Crippen molar-refractivity contribution in [3.8, 4) is 0 Å². The standard InChI is InChI=1S/C10H14FN3O2S/c1-7-2-3-8(11)6-9(7)17(15,16)14-5-4-10(12)13/h2-3,6,14H,4-5H2,1H3,(H3,12,13).